The predicted molar refractivity (Wildman–Crippen MR) is 52.0 cm³/mol. The van der Waals surface area contributed by atoms with Crippen molar-refractivity contribution in [2.75, 3.05) is 0 Å². The van der Waals surface area contributed by atoms with Gasteiger partial charge in [-0.15, -0.1) is 8.42 Å². The summed E-state index contributed by atoms with van der Waals surface area (Å²) in [5, 5.41) is 0. The van der Waals surface area contributed by atoms with E-state index in [0.717, 1.165) is 12.8 Å². The zero-order chi connectivity index (χ0) is 11.1. The number of unbranched alkanes of at least 4 members (excludes halogenated alkanes) is 1. The van der Waals surface area contributed by atoms with Crippen molar-refractivity contribution in [2.24, 2.45) is 0 Å². The van der Waals surface area contributed by atoms with Crippen LogP contribution in [0.3, 0.4) is 0 Å². The minimum absolute atomic E-state index is 0.0450. The number of aromatic nitrogens is 2. The molecule has 0 atom stereocenters. The van der Waals surface area contributed by atoms with Gasteiger partial charge in [0.05, 0.1) is 0 Å². The Morgan fingerprint density at radius 1 is 1.40 bits per heavy atom. The molecule has 0 aliphatic carbocycles. The van der Waals surface area contributed by atoms with Gasteiger partial charge in [0.15, 0.2) is 0 Å². The Morgan fingerprint density at radius 3 is 2.80 bits per heavy atom. The molecule has 0 unspecified atom stereocenters. The molecule has 0 fully saturated rings. The number of hydrogen-bond acceptors (Lipinski definition) is 5. The van der Waals surface area contributed by atoms with E-state index in [-0.39, 0.29) is 11.8 Å². The average Bonchev–Trinajstić information content (AvgIpc) is 2.54. The minimum atomic E-state index is -3.91. The summed E-state index contributed by atoms with van der Waals surface area (Å²) < 4.78 is 32.9. The van der Waals surface area contributed by atoms with Gasteiger partial charge in [-0.1, -0.05) is 13.3 Å². The summed E-state index contributed by atoms with van der Waals surface area (Å²) in [5.41, 5.74) is 0. The largest absolute Gasteiger partial charge is 0.504 e. The van der Waals surface area contributed by atoms with Crippen molar-refractivity contribution in [3.63, 3.8) is 0 Å². The maximum absolute atomic E-state index is 11.0. The van der Waals surface area contributed by atoms with Crippen molar-refractivity contribution in [3.8, 4) is 11.8 Å². The smallest absolute Gasteiger partial charge is 0.328 e. The fourth-order valence-corrected chi connectivity index (χ4v) is 2.13. The van der Waals surface area contributed by atoms with E-state index in [0.29, 0.717) is 12.4 Å². The lowest BCUT2D eigenvalue weighted by Crippen LogP contribution is -2.12. The Bertz CT molecular complexity index is 477. The lowest BCUT2D eigenvalue weighted by atomic mass is 10.3. The third-order valence-corrected chi connectivity index (χ3v) is 2.90. The van der Waals surface area contributed by atoms with E-state index in [1.807, 2.05) is 0 Å². The van der Waals surface area contributed by atoms with E-state index < -0.39 is 10.4 Å². The zero-order valence-corrected chi connectivity index (χ0v) is 9.37. The average molecular weight is 232 g/mol. The summed E-state index contributed by atoms with van der Waals surface area (Å²) in [4.78, 5) is 3.98. The molecule has 0 saturated heterocycles. The van der Waals surface area contributed by atoms with Crippen molar-refractivity contribution in [1.29, 1.82) is 0 Å². The number of fused-ring (bicyclic) bond motifs is 1. The van der Waals surface area contributed by atoms with Crippen LogP contribution in [0, 0.1) is 6.92 Å². The van der Waals surface area contributed by atoms with Gasteiger partial charge in [-0.05, 0) is 13.3 Å². The summed E-state index contributed by atoms with van der Waals surface area (Å²) in [7, 11) is -3.91. The van der Waals surface area contributed by atoms with E-state index >= 15 is 0 Å². The zero-order valence-electron chi connectivity index (χ0n) is 8.56. The summed E-state index contributed by atoms with van der Waals surface area (Å²) in [6, 6.07) is 0. The molecule has 0 bridgehead atoms. The van der Waals surface area contributed by atoms with Crippen LogP contribution in [0.4, 0.5) is 0 Å². The topological polar surface area (TPSA) is 70.4 Å². The highest BCUT2D eigenvalue weighted by Gasteiger charge is 2.34. The van der Waals surface area contributed by atoms with Gasteiger partial charge in [-0.2, -0.15) is 4.98 Å². The molecule has 1 aliphatic rings. The Balaban J connectivity index is 2.33. The molecule has 1 aromatic rings. The Kier molecular flexibility index (Phi) is 2.34. The van der Waals surface area contributed by atoms with Crippen LogP contribution in [-0.4, -0.2) is 18.0 Å². The molecule has 0 spiro atoms. The molecule has 0 radical (unpaired) electrons. The molecular formula is C8H12N2O4S. The Labute approximate surface area is 88.2 Å². The molecule has 1 aliphatic heterocycles. The van der Waals surface area contributed by atoms with E-state index in [2.05, 4.69) is 16.1 Å². The summed E-state index contributed by atoms with van der Waals surface area (Å²) in [6.45, 7) is 4.53. The second-order valence-electron chi connectivity index (χ2n) is 3.35. The fourth-order valence-electron chi connectivity index (χ4n) is 1.44. The molecule has 0 saturated carbocycles. The molecule has 0 amide bonds. The van der Waals surface area contributed by atoms with E-state index in [4.69, 9.17) is 4.18 Å². The number of imidazole rings is 1. The van der Waals surface area contributed by atoms with Gasteiger partial charge in [0.25, 0.3) is 5.88 Å². The van der Waals surface area contributed by atoms with Gasteiger partial charge in [0.1, 0.15) is 5.82 Å². The van der Waals surface area contributed by atoms with Crippen LogP contribution in [0.1, 0.15) is 25.6 Å². The maximum atomic E-state index is 11.0. The van der Waals surface area contributed by atoms with Crippen LogP contribution in [-0.2, 0) is 16.9 Å². The van der Waals surface area contributed by atoms with E-state index in [1.54, 1.807) is 11.5 Å². The van der Waals surface area contributed by atoms with Crippen LogP contribution in [0.15, 0.2) is 0 Å². The van der Waals surface area contributed by atoms with Gasteiger partial charge < -0.3 is 8.37 Å². The van der Waals surface area contributed by atoms with Gasteiger partial charge in [-0.25, -0.2) is 0 Å². The van der Waals surface area contributed by atoms with Crippen molar-refractivity contribution < 1.29 is 16.8 Å². The van der Waals surface area contributed by atoms with Crippen LogP contribution in [0.25, 0.3) is 0 Å². The second kappa shape index (κ2) is 3.41. The highest BCUT2D eigenvalue weighted by molar-refractivity contribution is 7.82. The standard InChI is InChI=1S/C8H12N2O4S/c1-3-4-5-10-6(2)9-7-8(10)14-15(11,12)13-7/h3-5H2,1-2H3. The van der Waals surface area contributed by atoms with Crippen molar-refractivity contribution in [2.45, 2.75) is 33.2 Å². The van der Waals surface area contributed by atoms with Crippen molar-refractivity contribution in [3.05, 3.63) is 5.82 Å². The third kappa shape index (κ3) is 1.79. The summed E-state index contributed by atoms with van der Waals surface area (Å²) >= 11 is 0. The highest BCUT2D eigenvalue weighted by atomic mass is 32.3. The van der Waals surface area contributed by atoms with Crippen molar-refractivity contribution in [1.82, 2.24) is 9.55 Å². The molecule has 0 N–H and O–H groups in total. The van der Waals surface area contributed by atoms with Crippen LogP contribution in [0.5, 0.6) is 11.8 Å². The first-order valence-electron chi connectivity index (χ1n) is 4.74. The molecule has 6 nitrogen and oxygen atoms in total. The summed E-state index contributed by atoms with van der Waals surface area (Å²) in [6.07, 6.45) is 1.95. The highest BCUT2D eigenvalue weighted by Crippen LogP contribution is 2.35. The molecule has 0 aromatic carbocycles. The normalized spacial score (nSPS) is 16.9. The molecule has 1 aromatic heterocycles. The lowest BCUT2D eigenvalue weighted by Gasteiger charge is -2.05. The fraction of sp³-hybridized carbons (Fsp3) is 0.625. The molecule has 7 heteroatoms. The SMILES string of the molecule is CCCCn1c(C)nc2c1OS(=O)(=O)O2. The van der Waals surface area contributed by atoms with E-state index in [1.165, 1.54) is 0 Å². The Morgan fingerprint density at radius 2 is 2.13 bits per heavy atom. The quantitative estimate of drug-likeness (QED) is 0.777. The number of nitrogens with zero attached hydrogens (tertiary/aromatic N) is 2. The van der Waals surface area contributed by atoms with Crippen LogP contribution >= 0.6 is 0 Å². The molecular weight excluding hydrogens is 220 g/mol. The Hall–Kier alpha value is -1.24. The van der Waals surface area contributed by atoms with Gasteiger partial charge >= 0.3 is 16.3 Å². The number of rotatable bonds is 3. The first-order chi connectivity index (χ1) is 7.03. The number of hydrogen-bond donors (Lipinski definition) is 0. The molecule has 84 valence electrons. The molecule has 2 heterocycles. The van der Waals surface area contributed by atoms with E-state index in [9.17, 15) is 8.42 Å². The van der Waals surface area contributed by atoms with Gasteiger partial charge in [0.2, 0.25) is 0 Å². The van der Waals surface area contributed by atoms with Crippen molar-refractivity contribution >= 4 is 10.4 Å². The maximum Gasteiger partial charge on any atom is 0.504 e. The van der Waals surface area contributed by atoms with Gasteiger partial charge in [0, 0.05) is 6.54 Å². The first kappa shape index (κ1) is 10.3. The van der Waals surface area contributed by atoms with Crippen LogP contribution in [0.2, 0.25) is 0 Å². The predicted octanol–water partition coefficient (Wildman–Crippen LogP) is 1.01. The molecule has 2 rings (SSSR count). The molecule has 15 heavy (non-hydrogen) atoms. The van der Waals surface area contributed by atoms with Gasteiger partial charge in [-0.3, -0.25) is 4.57 Å². The number of aryl methyl sites for hydroxylation is 1. The summed E-state index contributed by atoms with van der Waals surface area (Å²) in [5.74, 6) is 0.938. The first-order valence-corrected chi connectivity index (χ1v) is 6.08. The monoisotopic (exact) mass is 232 g/mol. The lowest BCUT2D eigenvalue weighted by molar-refractivity contribution is 0.415. The van der Waals surface area contributed by atoms with Crippen LogP contribution < -0.4 is 8.37 Å². The second-order valence-corrected chi connectivity index (χ2v) is 4.50. The third-order valence-electron chi connectivity index (χ3n) is 2.18. The minimum Gasteiger partial charge on any atom is -0.328 e.